The van der Waals surface area contributed by atoms with E-state index in [0.29, 0.717) is 25.0 Å². The van der Waals surface area contributed by atoms with Gasteiger partial charge in [0.15, 0.2) is 0 Å². The second-order valence-corrected chi connectivity index (χ2v) is 5.79. The van der Waals surface area contributed by atoms with Gasteiger partial charge in [-0.05, 0) is 32.8 Å². The van der Waals surface area contributed by atoms with Crippen LogP contribution in [0.15, 0.2) is 6.07 Å². The van der Waals surface area contributed by atoms with Gasteiger partial charge in [-0.1, -0.05) is 0 Å². The maximum absolute atomic E-state index is 12.0. The monoisotopic (exact) mass is 285 g/mol. The highest BCUT2D eigenvalue weighted by Crippen LogP contribution is 2.20. The fraction of sp³-hybridized carbons (Fsp3) is 0.538. The molecule has 0 spiro atoms. The Hall–Kier alpha value is -1.40. The number of carbonyl (C=O) groups is 2. The van der Waals surface area contributed by atoms with E-state index >= 15 is 0 Å². The number of hydrogen-bond acceptors (Lipinski definition) is 4. The van der Waals surface area contributed by atoms with Gasteiger partial charge in [0, 0.05) is 23.5 Å². The molecule has 1 aromatic rings. The minimum Gasteiger partial charge on any atom is -0.480 e. The van der Waals surface area contributed by atoms with Crippen LogP contribution in [0.25, 0.3) is 0 Å². The molecule has 1 rings (SSSR count). The molecule has 0 aliphatic carbocycles. The average Bonchev–Trinajstić information content (AvgIpc) is 2.67. The van der Waals surface area contributed by atoms with Crippen LogP contribution >= 0.6 is 11.3 Å². The number of rotatable bonds is 7. The van der Waals surface area contributed by atoms with E-state index < -0.39 is 12.0 Å². The van der Waals surface area contributed by atoms with E-state index in [9.17, 15) is 9.59 Å². The zero-order chi connectivity index (χ0) is 14.4. The predicted octanol–water partition coefficient (Wildman–Crippen LogP) is 1.97. The van der Waals surface area contributed by atoms with Crippen LogP contribution in [-0.4, -0.2) is 36.7 Å². The van der Waals surface area contributed by atoms with E-state index in [1.165, 1.54) is 11.3 Å². The molecule has 1 atom stereocenters. The molecule has 0 radical (unpaired) electrons. The van der Waals surface area contributed by atoms with E-state index in [2.05, 4.69) is 5.32 Å². The van der Waals surface area contributed by atoms with E-state index in [4.69, 9.17) is 9.84 Å². The highest BCUT2D eigenvalue weighted by atomic mass is 32.1. The number of aryl methyl sites for hydroxylation is 2. The summed E-state index contributed by atoms with van der Waals surface area (Å²) in [7, 11) is 1.56. The molecule has 0 aliphatic heterocycles. The number of nitrogens with one attached hydrogen (secondary N) is 1. The third kappa shape index (κ3) is 4.65. The number of carboxylic acids is 1. The quantitative estimate of drug-likeness (QED) is 0.751. The zero-order valence-corrected chi connectivity index (χ0v) is 12.2. The predicted molar refractivity (Wildman–Crippen MR) is 73.8 cm³/mol. The van der Waals surface area contributed by atoms with Crippen LogP contribution in [0.5, 0.6) is 0 Å². The molecule has 1 amide bonds. The van der Waals surface area contributed by atoms with Crippen molar-refractivity contribution < 1.29 is 19.4 Å². The summed E-state index contributed by atoms with van der Waals surface area (Å²) in [4.78, 5) is 25.1. The molecule has 0 aliphatic rings. The molecule has 5 nitrogen and oxygen atoms in total. The van der Waals surface area contributed by atoms with Gasteiger partial charge in [-0.25, -0.2) is 4.79 Å². The van der Waals surface area contributed by atoms with Crippen LogP contribution in [-0.2, 0) is 9.53 Å². The van der Waals surface area contributed by atoms with Crippen molar-refractivity contribution in [1.29, 1.82) is 0 Å². The first-order valence-electron chi connectivity index (χ1n) is 6.05. The van der Waals surface area contributed by atoms with E-state index in [1.807, 2.05) is 13.8 Å². The zero-order valence-electron chi connectivity index (χ0n) is 11.4. The van der Waals surface area contributed by atoms with E-state index in [0.717, 1.165) is 9.75 Å². The number of amides is 1. The summed E-state index contributed by atoms with van der Waals surface area (Å²) in [5.74, 6) is -1.35. The Kier molecular flexibility index (Phi) is 5.98. The maximum atomic E-state index is 12.0. The second-order valence-electron chi connectivity index (χ2n) is 4.33. The van der Waals surface area contributed by atoms with Crippen molar-refractivity contribution in [2.75, 3.05) is 13.7 Å². The molecule has 6 heteroatoms. The SMILES string of the molecule is COCCCC(NC(=O)c1cc(C)sc1C)C(=O)O. The van der Waals surface area contributed by atoms with Crippen molar-refractivity contribution in [2.24, 2.45) is 0 Å². The molecule has 1 heterocycles. The Balaban J connectivity index is 2.66. The van der Waals surface area contributed by atoms with Gasteiger partial charge in [-0.2, -0.15) is 0 Å². The van der Waals surface area contributed by atoms with Gasteiger partial charge in [0.2, 0.25) is 0 Å². The minimum atomic E-state index is -1.02. The molecule has 0 saturated carbocycles. The number of carboxylic acid groups (broad SMARTS) is 1. The van der Waals surface area contributed by atoms with Crippen LogP contribution in [0.1, 0.15) is 33.0 Å². The van der Waals surface area contributed by atoms with Gasteiger partial charge in [-0.15, -0.1) is 11.3 Å². The lowest BCUT2D eigenvalue weighted by molar-refractivity contribution is -0.139. The first kappa shape index (κ1) is 15.7. The number of ether oxygens (including phenoxy) is 1. The molecule has 2 N–H and O–H groups in total. The molecule has 0 fully saturated rings. The normalized spacial score (nSPS) is 12.2. The lowest BCUT2D eigenvalue weighted by Crippen LogP contribution is -2.41. The van der Waals surface area contributed by atoms with Crippen molar-refractivity contribution in [3.63, 3.8) is 0 Å². The molecule has 0 bridgehead atoms. The van der Waals surface area contributed by atoms with Gasteiger partial charge in [0.1, 0.15) is 6.04 Å². The second kappa shape index (κ2) is 7.25. The summed E-state index contributed by atoms with van der Waals surface area (Å²) in [6.07, 6.45) is 0.951. The molecule has 0 aromatic carbocycles. The van der Waals surface area contributed by atoms with Crippen molar-refractivity contribution in [3.05, 3.63) is 21.4 Å². The summed E-state index contributed by atoms with van der Waals surface area (Å²) in [6.45, 7) is 4.26. The van der Waals surface area contributed by atoms with E-state index in [1.54, 1.807) is 13.2 Å². The van der Waals surface area contributed by atoms with Crippen LogP contribution in [0.2, 0.25) is 0 Å². The molecule has 106 valence electrons. The number of carbonyl (C=O) groups excluding carboxylic acids is 1. The van der Waals surface area contributed by atoms with Gasteiger partial charge in [0.25, 0.3) is 5.91 Å². The van der Waals surface area contributed by atoms with Crippen LogP contribution in [0, 0.1) is 13.8 Å². The summed E-state index contributed by atoms with van der Waals surface area (Å²) in [6, 6.07) is 0.908. The number of hydrogen-bond donors (Lipinski definition) is 2. The largest absolute Gasteiger partial charge is 0.480 e. The smallest absolute Gasteiger partial charge is 0.326 e. The average molecular weight is 285 g/mol. The van der Waals surface area contributed by atoms with Crippen molar-refractivity contribution in [2.45, 2.75) is 32.7 Å². The van der Waals surface area contributed by atoms with Gasteiger partial charge < -0.3 is 15.2 Å². The minimum absolute atomic E-state index is 0.327. The highest BCUT2D eigenvalue weighted by Gasteiger charge is 2.21. The summed E-state index contributed by atoms with van der Waals surface area (Å²) >= 11 is 1.53. The first-order chi connectivity index (χ1) is 8.95. The summed E-state index contributed by atoms with van der Waals surface area (Å²) < 4.78 is 4.88. The third-order valence-corrected chi connectivity index (χ3v) is 3.70. The standard InChI is InChI=1S/C13H19NO4S/c1-8-7-10(9(2)19-8)12(15)14-11(13(16)17)5-4-6-18-3/h7,11H,4-6H2,1-3H3,(H,14,15)(H,16,17). The Morgan fingerprint density at radius 2 is 2.16 bits per heavy atom. The highest BCUT2D eigenvalue weighted by molar-refractivity contribution is 7.12. The van der Waals surface area contributed by atoms with Crippen LogP contribution in [0.4, 0.5) is 0 Å². The molecule has 1 unspecified atom stereocenters. The number of methoxy groups -OCH3 is 1. The molecule has 1 aromatic heterocycles. The van der Waals surface area contributed by atoms with Gasteiger partial charge >= 0.3 is 5.97 Å². The molecule has 0 saturated heterocycles. The van der Waals surface area contributed by atoms with Crippen molar-refractivity contribution in [3.8, 4) is 0 Å². The van der Waals surface area contributed by atoms with Gasteiger partial charge in [0.05, 0.1) is 5.56 Å². The third-order valence-electron chi connectivity index (χ3n) is 2.73. The first-order valence-corrected chi connectivity index (χ1v) is 6.87. The Labute approximate surface area is 116 Å². The number of aliphatic carboxylic acids is 1. The molecule has 19 heavy (non-hydrogen) atoms. The Morgan fingerprint density at radius 1 is 1.47 bits per heavy atom. The number of thiophene rings is 1. The summed E-state index contributed by atoms with van der Waals surface area (Å²) in [5, 5.41) is 11.6. The lowest BCUT2D eigenvalue weighted by Gasteiger charge is -2.14. The van der Waals surface area contributed by atoms with E-state index in [-0.39, 0.29) is 5.91 Å². The van der Waals surface area contributed by atoms with Crippen LogP contribution < -0.4 is 5.32 Å². The van der Waals surface area contributed by atoms with Crippen molar-refractivity contribution in [1.82, 2.24) is 5.32 Å². The fourth-order valence-corrected chi connectivity index (χ4v) is 2.70. The molecular weight excluding hydrogens is 266 g/mol. The van der Waals surface area contributed by atoms with Crippen LogP contribution in [0.3, 0.4) is 0 Å². The molecular formula is C13H19NO4S. The summed E-state index contributed by atoms with van der Waals surface area (Å²) in [5.41, 5.74) is 0.556. The topological polar surface area (TPSA) is 75.6 Å². The maximum Gasteiger partial charge on any atom is 0.326 e. The fourth-order valence-electron chi connectivity index (χ4n) is 1.78. The van der Waals surface area contributed by atoms with Gasteiger partial charge in [-0.3, -0.25) is 4.79 Å². The van der Waals surface area contributed by atoms with Crippen molar-refractivity contribution >= 4 is 23.2 Å². The Bertz CT molecular complexity index is 455. The Morgan fingerprint density at radius 3 is 2.63 bits per heavy atom. The lowest BCUT2D eigenvalue weighted by atomic mass is 10.1.